The molecule has 0 spiro atoms. The molecule has 6 heteroatoms. The molecule has 2 aliphatic rings. The maximum Gasteiger partial charge on any atom is 0.269 e. The van der Waals surface area contributed by atoms with E-state index in [4.69, 9.17) is 0 Å². The van der Waals surface area contributed by atoms with Crippen LogP contribution in [0.5, 0.6) is 0 Å². The van der Waals surface area contributed by atoms with Crippen LogP contribution in [0.4, 0.5) is 11.4 Å². The summed E-state index contributed by atoms with van der Waals surface area (Å²) in [5.41, 5.74) is 1.20. The molecule has 2 N–H and O–H groups in total. The number of hydrogen-bond acceptors (Lipinski definition) is 5. The van der Waals surface area contributed by atoms with E-state index in [1.54, 1.807) is 12.1 Å². The standard InChI is InChI=1S/C18H27N3O3/c22-13-14-3-1-2-4-18(14)19-15-9-11-20(12-10-15)16-5-7-17(8-6-16)21(23)24/h5-8,14-15,18-19,22H,1-4,9-13H2. The third-order valence-corrected chi connectivity index (χ3v) is 5.51. The average Bonchev–Trinajstić information content (AvgIpc) is 2.63. The molecule has 1 aliphatic carbocycles. The number of non-ortho nitro benzene ring substituents is 1. The topological polar surface area (TPSA) is 78.6 Å². The fourth-order valence-electron chi connectivity index (χ4n) is 4.04. The number of nitro groups is 1. The Hall–Kier alpha value is -1.66. The Morgan fingerprint density at radius 3 is 2.42 bits per heavy atom. The van der Waals surface area contributed by atoms with Crippen molar-refractivity contribution in [2.24, 2.45) is 5.92 Å². The Labute approximate surface area is 143 Å². The van der Waals surface area contributed by atoms with E-state index in [1.807, 2.05) is 12.1 Å². The van der Waals surface area contributed by atoms with Crippen LogP contribution in [0.3, 0.4) is 0 Å². The Morgan fingerprint density at radius 1 is 1.12 bits per heavy atom. The lowest BCUT2D eigenvalue weighted by molar-refractivity contribution is -0.384. The Bertz CT molecular complexity index is 541. The van der Waals surface area contributed by atoms with E-state index in [2.05, 4.69) is 10.2 Å². The van der Waals surface area contributed by atoms with Crippen molar-refractivity contribution in [3.63, 3.8) is 0 Å². The maximum absolute atomic E-state index is 10.7. The summed E-state index contributed by atoms with van der Waals surface area (Å²) in [6.07, 6.45) is 6.96. The summed E-state index contributed by atoms with van der Waals surface area (Å²) in [7, 11) is 0. The van der Waals surface area contributed by atoms with Gasteiger partial charge in [-0.25, -0.2) is 0 Å². The monoisotopic (exact) mass is 333 g/mol. The van der Waals surface area contributed by atoms with E-state index in [0.29, 0.717) is 24.6 Å². The molecule has 1 aliphatic heterocycles. The van der Waals surface area contributed by atoms with Gasteiger partial charge in [-0.1, -0.05) is 12.8 Å². The highest BCUT2D eigenvalue weighted by Gasteiger charge is 2.28. The van der Waals surface area contributed by atoms with Crippen LogP contribution in [0.2, 0.25) is 0 Å². The molecule has 0 aromatic heterocycles. The van der Waals surface area contributed by atoms with E-state index in [-0.39, 0.29) is 10.6 Å². The van der Waals surface area contributed by atoms with Gasteiger partial charge in [-0.3, -0.25) is 10.1 Å². The van der Waals surface area contributed by atoms with Gasteiger partial charge in [0, 0.05) is 49.6 Å². The maximum atomic E-state index is 10.7. The van der Waals surface area contributed by atoms with Gasteiger partial charge >= 0.3 is 0 Å². The van der Waals surface area contributed by atoms with Gasteiger partial charge in [0.2, 0.25) is 0 Å². The van der Waals surface area contributed by atoms with Crippen molar-refractivity contribution < 1.29 is 10.0 Å². The third kappa shape index (κ3) is 4.05. The zero-order chi connectivity index (χ0) is 16.9. The van der Waals surface area contributed by atoms with E-state index >= 15 is 0 Å². The summed E-state index contributed by atoms with van der Waals surface area (Å²) < 4.78 is 0. The number of hydrogen-bond donors (Lipinski definition) is 2. The zero-order valence-corrected chi connectivity index (χ0v) is 14.1. The molecular weight excluding hydrogens is 306 g/mol. The van der Waals surface area contributed by atoms with Gasteiger partial charge in [-0.05, 0) is 43.7 Å². The molecule has 0 bridgehead atoms. The molecule has 2 fully saturated rings. The molecule has 24 heavy (non-hydrogen) atoms. The van der Waals surface area contributed by atoms with Crippen LogP contribution < -0.4 is 10.2 Å². The van der Waals surface area contributed by atoms with Gasteiger partial charge < -0.3 is 15.3 Å². The van der Waals surface area contributed by atoms with E-state index in [9.17, 15) is 15.2 Å². The molecule has 1 aromatic rings. The minimum Gasteiger partial charge on any atom is -0.396 e. The number of aliphatic hydroxyl groups is 1. The Kier molecular flexibility index (Phi) is 5.68. The highest BCUT2D eigenvalue weighted by atomic mass is 16.6. The van der Waals surface area contributed by atoms with Crippen LogP contribution in [-0.2, 0) is 0 Å². The minimum atomic E-state index is -0.359. The van der Waals surface area contributed by atoms with Crippen molar-refractivity contribution in [3.8, 4) is 0 Å². The first kappa shape index (κ1) is 17.2. The summed E-state index contributed by atoms with van der Waals surface area (Å²) in [5, 5.41) is 24.1. The first-order valence-corrected chi connectivity index (χ1v) is 9.03. The lowest BCUT2D eigenvalue weighted by Gasteiger charge is -2.39. The van der Waals surface area contributed by atoms with Crippen LogP contribution in [-0.4, -0.2) is 41.8 Å². The SMILES string of the molecule is O=[N+]([O-])c1ccc(N2CCC(NC3CCCCC3CO)CC2)cc1. The predicted molar refractivity (Wildman–Crippen MR) is 94.3 cm³/mol. The highest BCUT2D eigenvalue weighted by molar-refractivity contribution is 5.51. The van der Waals surface area contributed by atoms with E-state index in [1.165, 1.54) is 19.3 Å². The largest absolute Gasteiger partial charge is 0.396 e. The molecule has 2 atom stereocenters. The van der Waals surface area contributed by atoms with Gasteiger partial charge in [-0.2, -0.15) is 0 Å². The lowest BCUT2D eigenvalue weighted by atomic mass is 9.84. The van der Waals surface area contributed by atoms with Gasteiger partial charge in [-0.15, -0.1) is 0 Å². The summed E-state index contributed by atoms with van der Waals surface area (Å²) in [5.74, 6) is 0.409. The van der Waals surface area contributed by atoms with Crippen LogP contribution in [0.25, 0.3) is 0 Å². The number of piperidine rings is 1. The molecule has 6 nitrogen and oxygen atoms in total. The van der Waals surface area contributed by atoms with Crippen LogP contribution in [0.15, 0.2) is 24.3 Å². The van der Waals surface area contributed by atoms with E-state index in [0.717, 1.165) is 38.0 Å². The van der Waals surface area contributed by atoms with Crippen molar-refractivity contribution in [3.05, 3.63) is 34.4 Å². The second-order valence-electron chi connectivity index (χ2n) is 7.04. The molecule has 132 valence electrons. The van der Waals surface area contributed by atoms with Crippen LogP contribution in [0, 0.1) is 16.0 Å². The molecule has 0 amide bonds. The summed E-state index contributed by atoms with van der Waals surface area (Å²) >= 11 is 0. The summed E-state index contributed by atoms with van der Waals surface area (Å²) in [4.78, 5) is 12.7. The van der Waals surface area contributed by atoms with Crippen molar-refractivity contribution in [2.45, 2.75) is 50.6 Å². The second-order valence-corrected chi connectivity index (χ2v) is 7.04. The predicted octanol–water partition coefficient (Wildman–Crippen LogP) is 2.70. The molecule has 1 saturated carbocycles. The zero-order valence-electron chi connectivity index (χ0n) is 14.1. The third-order valence-electron chi connectivity index (χ3n) is 5.51. The first-order chi connectivity index (χ1) is 11.7. The summed E-state index contributed by atoms with van der Waals surface area (Å²) in [6.45, 7) is 2.22. The van der Waals surface area contributed by atoms with Crippen LogP contribution >= 0.6 is 0 Å². The second kappa shape index (κ2) is 7.94. The molecule has 2 unspecified atom stereocenters. The number of anilines is 1. The quantitative estimate of drug-likeness (QED) is 0.640. The molecular formula is C18H27N3O3. The number of aliphatic hydroxyl groups excluding tert-OH is 1. The number of rotatable bonds is 5. The number of nitrogens with one attached hydrogen (secondary N) is 1. The normalized spacial score (nSPS) is 25.6. The molecule has 1 heterocycles. The smallest absolute Gasteiger partial charge is 0.269 e. The summed E-state index contributed by atoms with van der Waals surface area (Å²) in [6, 6.07) is 7.81. The number of benzene rings is 1. The van der Waals surface area contributed by atoms with E-state index < -0.39 is 0 Å². The van der Waals surface area contributed by atoms with Gasteiger partial charge in [0.25, 0.3) is 5.69 Å². The minimum absolute atomic E-state index is 0.141. The van der Waals surface area contributed by atoms with Gasteiger partial charge in [0.05, 0.1) is 4.92 Å². The number of nitro benzene ring substituents is 1. The highest BCUT2D eigenvalue weighted by Crippen LogP contribution is 2.27. The molecule has 0 radical (unpaired) electrons. The first-order valence-electron chi connectivity index (χ1n) is 9.03. The van der Waals surface area contributed by atoms with Gasteiger partial charge in [0.1, 0.15) is 0 Å². The van der Waals surface area contributed by atoms with Crippen molar-refractivity contribution in [2.75, 3.05) is 24.6 Å². The Balaban J connectivity index is 1.51. The fourth-order valence-corrected chi connectivity index (χ4v) is 4.04. The fraction of sp³-hybridized carbons (Fsp3) is 0.667. The average molecular weight is 333 g/mol. The molecule has 1 saturated heterocycles. The Morgan fingerprint density at radius 2 is 1.79 bits per heavy atom. The van der Waals surface area contributed by atoms with Crippen molar-refractivity contribution >= 4 is 11.4 Å². The van der Waals surface area contributed by atoms with Crippen molar-refractivity contribution in [1.82, 2.24) is 5.32 Å². The van der Waals surface area contributed by atoms with Gasteiger partial charge in [0.15, 0.2) is 0 Å². The van der Waals surface area contributed by atoms with Crippen molar-refractivity contribution in [1.29, 1.82) is 0 Å². The lowest BCUT2D eigenvalue weighted by Crippen LogP contribution is -2.50. The number of nitrogens with zero attached hydrogens (tertiary/aromatic N) is 2. The van der Waals surface area contributed by atoms with Crippen LogP contribution in [0.1, 0.15) is 38.5 Å². The molecule has 1 aromatic carbocycles. The molecule has 3 rings (SSSR count).